The number of anilines is 1. The molecule has 128 valence electrons. The second-order valence-electron chi connectivity index (χ2n) is 5.01. The number of ether oxygens (including phenoxy) is 1. The molecular formula is C16H17FN2O4S. The fourth-order valence-corrected chi connectivity index (χ4v) is 3.27. The lowest BCUT2D eigenvalue weighted by Crippen LogP contribution is -2.33. The van der Waals surface area contributed by atoms with Crippen molar-refractivity contribution in [3.8, 4) is 5.75 Å². The molecule has 2 N–H and O–H groups in total. The van der Waals surface area contributed by atoms with E-state index in [9.17, 15) is 17.6 Å². The van der Waals surface area contributed by atoms with E-state index in [1.165, 1.54) is 14.0 Å². The maximum atomic E-state index is 13.1. The molecule has 0 bridgehead atoms. The van der Waals surface area contributed by atoms with Crippen LogP contribution >= 0.6 is 0 Å². The quantitative estimate of drug-likeness (QED) is 0.833. The molecule has 2 rings (SSSR count). The SMILES string of the molecule is COc1cccc(NC(=O)CNS(=O)(=O)c2ccc(F)cc2C)c1. The first-order valence-corrected chi connectivity index (χ1v) is 8.50. The van der Waals surface area contributed by atoms with Crippen LogP contribution in [0.15, 0.2) is 47.4 Å². The Bertz CT molecular complexity index is 853. The summed E-state index contributed by atoms with van der Waals surface area (Å²) >= 11 is 0. The molecular weight excluding hydrogens is 335 g/mol. The van der Waals surface area contributed by atoms with Crippen molar-refractivity contribution in [3.05, 3.63) is 53.8 Å². The van der Waals surface area contributed by atoms with Gasteiger partial charge >= 0.3 is 0 Å². The first-order valence-electron chi connectivity index (χ1n) is 7.01. The number of methoxy groups -OCH3 is 1. The number of rotatable bonds is 6. The highest BCUT2D eigenvalue weighted by molar-refractivity contribution is 7.89. The molecule has 0 unspecified atom stereocenters. The predicted octanol–water partition coefficient (Wildman–Crippen LogP) is 2.06. The Labute approximate surface area is 139 Å². The average Bonchev–Trinajstić information content (AvgIpc) is 2.53. The third-order valence-corrected chi connectivity index (χ3v) is 4.76. The summed E-state index contributed by atoms with van der Waals surface area (Å²) in [6.07, 6.45) is 0. The molecule has 24 heavy (non-hydrogen) atoms. The molecule has 2 aromatic carbocycles. The fourth-order valence-electron chi connectivity index (χ4n) is 2.06. The summed E-state index contributed by atoms with van der Waals surface area (Å²) in [4.78, 5) is 11.8. The lowest BCUT2D eigenvalue weighted by Gasteiger charge is -2.10. The smallest absolute Gasteiger partial charge is 0.241 e. The third-order valence-electron chi connectivity index (χ3n) is 3.20. The number of carbonyl (C=O) groups excluding carboxylic acids is 1. The molecule has 0 aromatic heterocycles. The van der Waals surface area contributed by atoms with Crippen LogP contribution < -0.4 is 14.8 Å². The predicted molar refractivity (Wildman–Crippen MR) is 87.9 cm³/mol. The minimum absolute atomic E-state index is 0.0712. The summed E-state index contributed by atoms with van der Waals surface area (Å²) in [5.41, 5.74) is 0.743. The van der Waals surface area contributed by atoms with Crippen molar-refractivity contribution in [1.82, 2.24) is 4.72 Å². The highest BCUT2D eigenvalue weighted by Gasteiger charge is 2.18. The molecule has 6 nitrogen and oxygen atoms in total. The molecule has 0 heterocycles. The van der Waals surface area contributed by atoms with E-state index in [0.29, 0.717) is 11.4 Å². The van der Waals surface area contributed by atoms with Gasteiger partial charge in [-0.15, -0.1) is 0 Å². The zero-order chi connectivity index (χ0) is 17.7. The van der Waals surface area contributed by atoms with Crippen LogP contribution in [-0.2, 0) is 14.8 Å². The lowest BCUT2D eigenvalue weighted by atomic mass is 10.2. The summed E-state index contributed by atoms with van der Waals surface area (Å²) in [7, 11) is -2.41. The van der Waals surface area contributed by atoms with Crippen LogP contribution in [-0.4, -0.2) is 28.0 Å². The zero-order valence-corrected chi connectivity index (χ0v) is 14.0. The van der Waals surface area contributed by atoms with Crippen LogP contribution in [0, 0.1) is 12.7 Å². The average molecular weight is 352 g/mol. The van der Waals surface area contributed by atoms with Crippen molar-refractivity contribution in [2.75, 3.05) is 19.0 Å². The fraction of sp³-hybridized carbons (Fsp3) is 0.188. The molecule has 0 fully saturated rings. The summed E-state index contributed by atoms with van der Waals surface area (Å²) in [6.45, 7) is 1.03. The molecule has 8 heteroatoms. The summed E-state index contributed by atoms with van der Waals surface area (Å²) in [5.74, 6) is -0.496. The summed E-state index contributed by atoms with van der Waals surface area (Å²) in [5, 5.41) is 2.56. The molecule has 0 saturated heterocycles. The first kappa shape index (κ1) is 17.9. The van der Waals surface area contributed by atoms with E-state index in [4.69, 9.17) is 4.74 Å². The Balaban J connectivity index is 2.02. The Morgan fingerprint density at radius 1 is 1.21 bits per heavy atom. The van der Waals surface area contributed by atoms with Gasteiger partial charge in [-0.05, 0) is 42.8 Å². The van der Waals surface area contributed by atoms with Gasteiger partial charge in [-0.1, -0.05) is 6.07 Å². The van der Waals surface area contributed by atoms with Gasteiger partial charge in [0.1, 0.15) is 11.6 Å². The number of benzene rings is 2. The van der Waals surface area contributed by atoms with Gasteiger partial charge in [0.25, 0.3) is 0 Å². The second-order valence-corrected chi connectivity index (χ2v) is 6.75. The molecule has 0 atom stereocenters. The minimum atomic E-state index is -3.91. The van der Waals surface area contributed by atoms with E-state index in [1.54, 1.807) is 24.3 Å². The van der Waals surface area contributed by atoms with Gasteiger partial charge in [0, 0.05) is 11.8 Å². The number of nitrogens with one attached hydrogen (secondary N) is 2. The molecule has 0 radical (unpaired) electrons. The van der Waals surface area contributed by atoms with E-state index in [-0.39, 0.29) is 10.5 Å². The van der Waals surface area contributed by atoms with Gasteiger partial charge in [-0.2, -0.15) is 0 Å². The number of hydrogen-bond donors (Lipinski definition) is 2. The van der Waals surface area contributed by atoms with Crippen LogP contribution in [0.25, 0.3) is 0 Å². The van der Waals surface area contributed by atoms with Gasteiger partial charge < -0.3 is 10.1 Å². The lowest BCUT2D eigenvalue weighted by molar-refractivity contribution is -0.115. The highest BCUT2D eigenvalue weighted by Crippen LogP contribution is 2.17. The third kappa shape index (κ3) is 4.53. The molecule has 0 saturated carbocycles. The van der Waals surface area contributed by atoms with E-state index < -0.39 is 28.3 Å². The standard InChI is InChI=1S/C16H17FN2O4S/c1-11-8-12(17)6-7-15(11)24(21,22)18-10-16(20)19-13-4-3-5-14(9-13)23-2/h3-9,18H,10H2,1-2H3,(H,19,20). The van der Waals surface area contributed by atoms with E-state index in [2.05, 4.69) is 10.0 Å². The largest absolute Gasteiger partial charge is 0.497 e. The Kier molecular flexibility index (Phi) is 5.53. The van der Waals surface area contributed by atoms with Gasteiger partial charge in [-0.3, -0.25) is 4.79 Å². The van der Waals surface area contributed by atoms with Gasteiger partial charge in [-0.25, -0.2) is 17.5 Å². The molecule has 1 amide bonds. The van der Waals surface area contributed by atoms with E-state index in [0.717, 1.165) is 18.2 Å². The maximum absolute atomic E-state index is 13.1. The van der Waals surface area contributed by atoms with Crippen molar-refractivity contribution >= 4 is 21.6 Å². The monoisotopic (exact) mass is 352 g/mol. The molecule has 0 spiro atoms. The Hall–Kier alpha value is -2.45. The maximum Gasteiger partial charge on any atom is 0.241 e. The van der Waals surface area contributed by atoms with Crippen molar-refractivity contribution in [2.45, 2.75) is 11.8 Å². The Morgan fingerprint density at radius 2 is 1.96 bits per heavy atom. The topological polar surface area (TPSA) is 84.5 Å². The van der Waals surface area contributed by atoms with Crippen molar-refractivity contribution < 1.29 is 22.3 Å². The number of sulfonamides is 1. The minimum Gasteiger partial charge on any atom is -0.497 e. The van der Waals surface area contributed by atoms with Crippen molar-refractivity contribution in [3.63, 3.8) is 0 Å². The number of halogens is 1. The van der Waals surface area contributed by atoms with Crippen molar-refractivity contribution in [1.29, 1.82) is 0 Å². The molecule has 2 aromatic rings. The Morgan fingerprint density at radius 3 is 2.62 bits per heavy atom. The first-order chi connectivity index (χ1) is 11.3. The molecule has 0 aliphatic carbocycles. The number of amides is 1. The number of carbonyl (C=O) groups is 1. The van der Waals surface area contributed by atoms with Gasteiger partial charge in [0.2, 0.25) is 15.9 Å². The van der Waals surface area contributed by atoms with E-state index in [1.807, 2.05) is 0 Å². The second kappa shape index (κ2) is 7.41. The zero-order valence-electron chi connectivity index (χ0n) is 13.2. The van der Waals surface area contributed by atoms with Crippen molar-refractivity contribution in [2.24, 2.45) is 0 Å². The molecule has 0 aliphatic heterocycles. The van der Waals surface area contributed by atoms with Crippen LogP contribution in [0.3, 0.4) is 0 Å². The van der Waals surface area contributed by atoms with Crippen LogP contribution in [0.5, 0.6) is 5.75 Å². The van der Waals surface area contributed by atoms with Crippen LogP contribution in [0.4, 0.5) is 10.1 Å². The number of aryl methyl sites for hydroxylation is 1. The van der Waals surface area contributed by atoms with Crippen LogP contribution in [0.2, 0.25) is 0 Å². The molecule has 0 aliphatic rings. The summed E-state index contributed by atoms with van der Waals surface area (Å²) < 4.78 is 44.7. The van der Waals surface area contributed by atoms with Gasteiger partial charge in [0.05, 0.1) is 18.6 Å². The van der Waals surface area contributed by atoms with Crippen LogP contribution in [0.1, 0.15) is 5.56 Å². The van der Waals surface area contributed by atoms with E-state index >= 15 is 0 Å². The van der Waals surface area contributed by atoms with Gasteiger partial charge in [0.15, 0.2) is 0 Å². The number of hydrogen-bond acceptors (Lipinski definition) is 4. The summed E-state index contributed by atoms with van der Waals surface area (Å²) in [6, 6.07) is 10.0. The highest BCUT2D eigenvalue weighted by atomic mass is 32.2. The normalized spacial score (nSPS) is 11.1.